The molecule has 0 radical (unpaired) electrons. The molecular formula is C27H24N4O6S2. The van der Waals surface area contributed by atoms with Crippen LogP contribution in [0.5, 0.6) is 11.5 Å². The number of hydrogen-bond acceptors (Lipinski definition) is 11. The minimum atomic E-state index is -0.778. The summed E-state index contributed by atoms with van der Waals surface area (Å²) < 4.78 is 24.0. The Kier molecular flexibility index (Phi) is 7.66. The number of rotatable bonds is 8. The van der Waals surface area contributed by atoms with Crippen molar-refractivity contribution in [2.45, 2.75) is 30.1 Å². The lowest BCUT2D eigenvalue weighted by Crippen LogP contribution is -2.39. The highest BCUT2D eigenvalue weighted by molar-refractivity contribution is 7.99. The first-order chi connectivity index (χ1) is 18.9. The standard InChI is InChI=1S/C27H24N4O6S2/c1-5-36-25(33)22-15(2)30-27-31(23(22)16-7-9-18(34-3)19(13-16)35-4)24(32)20(38-27)14-17-8-10-21(37-17)39-26-28-11-6-12-29-26/h6-14,23H,5H2,1-4H3/b20-14+/t23-/m1/s1. The van der Waals surface area contributed by atoms with Gasteiger partial charge < -0.3 is 18.6 Å². The number of ether oxygens (including phenoxy) is 3. The van der Waals surface area contributed by atoms with Gasteiger partial charge in [0.25, 0.3) is 5.56 Å². The summed E-state index contributed by atoms with van der Waals surface area (Å²) in [6.07, 6.45) is 4.97. The van der Waals surface area contributed by atoms with Crippen LogP contribution in [-0.4, -0.2) is 41.3 Å². The summed E-state index contributed by atoms with van der Waals surface area (Å²) >= 11 is 2.49. The van der Waals surface area contributed by atoms with Crippen molar-refractivity contribution in [1.82, 2.24) is 14.5 Å². The van der Waals surface area contributed by atoms with E-state index in [1.54, 1.807) is 75.8 Å². The number of hydrogen-bond donors (Lipinski definition) is 0. The third kappa shape index (κ3) is 5.25. The zero-order valence-corrected chi connectivity index (χ0v) is 23.2. The van der Waals surface area contributed by atoms with E-state index in [1.807, 2.05) is 0 Å². The summed E-state index contributed by atoms with van der Waals surface area (Å²) in [6, 6.07) is 9.80. The van der Waals surface area contributed by atoms with Gasteiger partial charge in [-0.15, -0.1) is 0 Å². The lowest BCUT2D eigenvalue weighted by Gasteiger charge is -2.25. The van der Waals surface area contributed by atoms with Crippen LogP contribution in [0.4, 0.5) is 0 Å². The second-order valence-corrected chi connectivity index (χ2v) is 10.2. The van der Waals surface area contributed by atoms with E-state index in [4.69, 9.17) is 18.6 Å². The average Bonchev–Trinajstić information content (AvgIpc) is 3.51. The molecule has 0 amide bonds. The summed E-state index contributed by atoms with van der Waals surface area (Å²) in [5.74, 6) is 0.948. The molecule has 3 aromatic heterocycles. The van der Waals surface area contributed by atoms with Crippen molar-refractivity contribution < 1.29 is 23.4 Å². The van der Waals surface area contributed by atoms with Gasteiger partial charge in [-0.1, -0.05) is 17.4 Å². The lowest BCUT2D eigenvalue weighted by molar-refractivity contribution is -0.139. The molecule has 1 aliphatic heterocycles. The molecule has 4 aromatic rings. The topological polar surface area (TPSA) is 118 Å². The van der Waals surface area contributed by atoms with Crippen LogP contribution in [0.1, 0.15) is 31.2 Å². The van der Waals surface area contributed by atoms with Crippen LogP contribution in [0.3, 0.4) is 0 Å². The lowest BCUT2D eigenvalue weighted by atomic mass is 9.95. The largest absolute Gasteiger partial charge is 0.493 e. The first-order valence-corrected chi connectivity index (χ1v) is 13.5. The Morgan fingerprint density at radius 2 is 1.92 bits per heavy atom. The Morgan fingerprint density at radius 1 is 1.15 bits per heavy atom. The highest BCUT2D eigenvalue weighted by atomic mass is 32.2. The number of allylic oxidation sites excluding steroid dienone is 1. The highest BCUT2D eigenvalue weighted by Gasteiger charge is 2.34. The molecule has 12 heteroatoms. The first-order valence-electron chi connectivity index (χ1n) is 11.9. The van der Waals surface area contributed by atoms with Crippen molar-refractivity contribution in [2.24, 2.45) is 4.99 Å². The van der Waals surface area contributed by atoms with Gasteiger partial charge in [-0.25, -0.2) is 19.8 Å². The van der Waals surface area contributed by atoms with Gasteiger partial charge in [0.2, 0.25) is 0 Å². The zero-order chi connectivity index (χ0) is 27.5. The molecule has 0 spiro atoms. The van der Waals surface area contributed by atoms with Gasteiger partial charge in [-0.2, -0.15) is 0 Å². The molecular weight excluding hydrogens is 540 g/mol. The molecule has 1 aromatic carbocycles. The zero-order valence-electron chi connectivity index (χ0n) is 21.5. The molecule has 0 N–H and O–H groups in total. The van der Waals surface area contributed by atoms with Crippen molar-refractivity contribution >= 4 is 35.1 Å². The molecule has 0 bridgehead atoms. The fourth-order valence-corrected chi connectivity index (χ4v) is 5.86. The quantitative estimate of drug-likeness (QED) is 0.235. The maximum atomic E-state index is 13.8. The second kappa shape index (κ2) is 11.3. The Hall–Kier alpha value is -4.16. The third-order valence-corrected chi connectivity index (χ3v) is 7.65. The molecule has 0 saturated carbocycles. The molecule has 5 rings (SSSR count). The van der Waals surface area contributed by atoms with Crippen LogP contribution in [0.25, 0.3) is 6.08 Å². The summed E-state index contributed by atoms with van der Waals surface area (Å²) in [5, 5.41) is 1.14. The molecule has 0 saturated heterocycles. The van der Waals surface area contributed by atoms with Gasteiger partial charge in [0.05, 0.1) is 42.7 Å². The number of carbonyl (C=O) groups is 1. The molecule has 4 heterocycles. The fraction of sp³-hybridized carbons (Fsp3) is 0.222. The number of nitrogens with zero attached hydrogens (tertiary/aromatic N) is 4. The number of thiazole rings is 1. The van der Waals surface area contributed by atoms with Crippen LogP contribution >= 0.6 is 23.1 Å². The van der Waals surface area contributed by atoms with Gasteiger partial charge in [0, 0.05) is 18.5 Å². The minimum absolute atomic E-state index is 0.186. The molecule has 200 valence electrons. The van der Waals surface area contributed by atoms with E-state index in [-0.39, 0.29) is 17.7 Å². The monoisotopic (exact) mass is 564 g/mol. The van der Waals surface area contributed by atoms with Crippen molar-refractivity contribution in [3.05, 3.63) is 91.1 Å². The molecule has 1 atom stereocenters. The number of aromatic nitrogens is 3. The normalized spacial score (nSPS) is 15.1. The van der Waals surface area contributed by atoms with Gasteiger partial charge in [-0.05, 0) is 61.5 Å². The van der Waals surface area contributed by atoms with E-state index in [0.717, 1.165) is 0 Å². The molecule has 0 unspecified atom stereocenters. The van der Waals surface area contributed by atoms with E-state index < -0.39 is 12.0 Å². The predicted octanol–water partition coefficient (Wildman–Crippen LogP) is 3.35. The van der Waals surface area contributed by atoms with Crippen molar-refractivity contribution in [2.75, 3.05) is 20.8 Å². The molecule has 1 aliphatic rings. The van der Waals surface area contributed by atoms with Gasteiger partial charge in [0.15, 0.2) is 26.5 Å². The number of carbonyl (C=O) groups excluding carboxylic acids is 1. The highest BCUT2D eigenvalue weighted by Crippen LogP contribution is 2.36. The fourth-order valence-electron chi connectivity index (χ4n) is 4.15. The summed E-state index contributed by atoms with van der Waals surface area (Å²) in [7, 11) is 3.07. The van der Waals surface area contributed by atoms with Crippen molar-refractivity contribution in [3.63, 3.8) is 0 Å². The van der Waals surface area contributed by atoms with Crippen LogP contribution in [-0.2, 0) is 9.53 Å². The van der Waals surface area contributed by atoms with E-state index in [9.17, 15) is 9.59 Å². The summed E-state index contributed by atoms with van der Waals surface area (Å²) in [5.41, 5.74) is 1.09. The van der Waals surface area contributed by atoms with Crippen LogP contribution < -0.4 is 24.4 Å². The van der Waals surface area contributed by atoms with Crippen LogP contribution in [0.2, 0.25) is 0 Å². The minimum Gasteiger partial charge on any atom is -0.493 e. The summed E-state index contributed by atoms with van der Waals surface area (Å²) in [6.45, 7) is 3.65. The smallest absolute Gasteiger partial charge is 0.338 e. The van der Waals surface area contributed by atoms with Crippen LogP contribution in [0.15, 0.2) is 84.5 Å². The molecule has 0 fully saturated rings. The SMILES string of the molecule is CCOC(=O)C1=C(C)N=c2s/c(=C/c3ccc(Sc4ncccn4)o3)c(=O)n2[C@@H]1c1ccc(OC)c(OC)c1. The second-order valence-electron chi connectivity index (χ2n) is 8.21. The van der Waals surface area contributed by atoms with Crippen molar-refractivity contribution in [1.29, 1.82) is 0 Å². The summed E-state index contributed by atoms with van der Waals surface area (Å²) in [4.78, 5) is 40.3. The number of benzene rings is 1. The number of esters is 1. The maximum Gasteiger partial charge on any atom is 0.338 e. The molecule has 39 heavy (non-hydrogen) atoms. The van der Waals surface area contributed by atoms with E-state index >= 15 is 0 Å². The molecule has 10 nitrogen and oxygen atoms in total. The Morgan fingerprint density at radius 3 is 2.64 bits per heavy atom. The average molecular weight is 565 g/mol. The number of methoxy groups -OCH3 is 2. The Labute approximate surface area is 231 Å². The van der Waals surface area contributed by atoms with E-state index in [2.05, 4.69) is 15.0 Å². The van der Waals surface area contributed by atoms with Gasteiger partial charge >= 0.3 is 5.97 Å². The molecule has 0 aliphatic carbocycles. The van der Waals surface area contributed by atoms with E-state index in [1.165, 1.54) is 34.8 Å². The predicted molar refractivity (Wildman–Crippen MR) is 145 cm³/mol. The number of fused-ring (bicyclic) bond motifs is 1. The Bertz CT molecular complexity index is 1740. The number of furan rings is 1. The van der Waals surface area contributed by atoms with Crippen molar-refractivity contribution in [3.8, 4) is 11.5 Å². The van der Waals surface area contributed by atoms with Gasteiger partial charge in [-0.3, -0.25) is 9.36 Å². The maximum absolute atomic E-state index is 13.8. The van der Waals surface area contributed by atoms with Crippen LogP contribution in [0, 0.1) is 0 Å². The van der Waals surface area contributed by atoms with E-state index in [0.29, 0.717) is 48.1 Å². The van der Waals surface area contributed by atoms with Gasteiger partial charge in [0.1, 0.15) is 5.76 Å². The third-order valence-electron chi connectivity index (χ3n) is 5.85. The Balaban J connectivity index is 1.61. The first kappa shape index (κ1) is 26.4.